The Morgan fingerprint density at radius 2 is 1.83 bits per heavy atom. The molecule has 23 heavy (non-hydrogen) atoms. The second kappa shape index (κ2) is 7.94. The van der Waals surface area contributed by atoms with Gasteiger partial charge in [0.15, 0.2) is 0 Å². The first-order valence-electron chi connectivity index (χ1n) is 7.47. The van der Waals surface area contributed by atoms with Crippen molar-refractivity contribution in [3.8, 4) is 0 Å². The fourth-order valence-electron chi connectivity index (χ4n) is 2.21. The SMILES string of the molecule is C[C@@H](NC/C=C/c1ccccc1)c1cccc(NS(C)(=O)=O)c1. The molecule has 2 N–H and O–H groups in total. The van der Waals surface area contributed by atoms with E-state index in [-0.39, 0.29) is 6.04 Å². The molecule has 122 valence electrons. The molecule has 0 bridgehead atoms. The molecule has 0 radical (unpaired) electrons. The Hall–Kier alpha value is -2.11. The number of rotatable bonds is 7. The highest BCUT2D eigenvalue weighted by molar-refractivity contribution is 7.92. The first-order chi connectivity index (χ1) is 10.9. The first-order valence-corrected chi connectivity index (χ1v) is 9.36. The topological polar surface area (TPSA) is 58.2 Å². The quantitative estimate of drug-likeness (QED) is 0.818. The van der Waals surface area contributed by atoms with Crippen LogP contribution in [-0.2, 0) is 10.0 Å². The van der Waals surface area contributed by atoms with Crippen LogP contribution in [0.5, 0.6) is 0 Å². The van der Waals surface area contributed by atoms with Crippen LogP contribution in [0.3, 0.4) is 0 Å². The molecule has 0 aliphatic heterocycles. The van der Waals surface area contributed by atoms with E-state index in [9.17, 15) is 8.42 Å². The third-order valence-corrected chi connectivity index (χ3v) is 3.95. The molecule has 0 aliphatic carbocycles. The fraction of sp³-hybridized carbons (Fsp3) is 0.222. The van der Waals surface area contributed by atoms with Crippen LogP contribution in [0, 0.1) is 0 Å². The molecule has 0 heterocycles. The number of hydrogen-bond donors (Lipinski definition) is 2. The van der Waals surface area contributed by atoms with Gasteiger partial charge in [-0.3, -0.25) is 4.72 Å². The smallest absolute Gasteiger partial charge is 0.229 e. The lowest BCUT2D eigenvalue weighted by Crippen LogP contribution is -2.18. The number of nitrogens with one attached hydrogen (secondary N) is 2. The number of hydrogen-bond acceptors (Lipinski definition) is 3. The molecular weight excluding hydrogens is 308 g/mol. The van der Waals surface area contributed by atoms with E-state index in [0.29, 0.717) is 5.69 Å². The van der Waals surface area contributed by atoms with Crippen LogP contribution < -0.4 is 10.0 Å². The minimum atomic E-state index is -3.25. The zero-order valence-electron chi connectivity index (χ0n) is 13.4. The molecule has 0 saturated heterocycles. The van der Waals surface area contributed by atoms with E-state index in [1.807, 2.05) is 36.4 Å². The Morgan fingerprint density at radius 3 is 2.52 bits per heavy atom. The molecule has 0 aliphatic rings. The maximum atomic E-state index is 11.3. The summed E-state index contributed by atoms with van der Waals surface area (Å²) >= 11 is 0. The largest absolute Gasteiger partial charge is 0.307 e. The molecule has 2 rings (SSSR count). The van der Waals surface area contributed by atoms with Gasteiger partial charge >= 0.3 is 0 Å². The fourth-order valence-corrected chi connectivity index (χ4v) is 2.76. The highest BCUT2D eigenvalue weighted by atomic mass is 32.2. The maximum absolute atomic E-state index is 11.3. The van der Waals surface area contributed by atoms with E-state index >= 15 is 0 Å². The molecule has 0 saturated carbocycles. The van der Waals surface area contributed by atoms with Crippen LogP contribution in [0.15, 0.2) is 60.7 Å². The molecular formula is C18H22N2O2S. The molecule has 2 aromatic carbocycles. The Balaban J connectivity index is 1.92. The molecule has 2 aromatic rings. The van der Waals surface area contributed by atoms with E-state index in [1.54, 1.807) is 6.07 Å². The predicted molar refractivity (Wildman–Crippen MR) is 96.8 cm³/mol. The summed E-state index contributed by atoms with van der Waals surface area (Å²) in [5.74, 6) is 0. The Morgan fingerprint density at radius 1 is 1.09 bits per heavy atom. The number of sulfonamides is 1. The molecule has 0 spiro atoms. The van der Waals surface area contributed by atoms with Gasteiger partial charge in [0.2, 0.25) is 10.0 Å². The van der Waals surface area contributed by atoms with Crippen molar-refractivity contribution in [3.63, 3.8) is 0 Å². The van der Waals surface area contributed by atoms with Crippen molar-refractivity contribution in [3.05, 3.63) is 71.8 Å². The van der Waals surface area contributed by atoms with Crippen molar-refractivity contribution >= 4 is 21.8 Å². The lowest BCUT2D eigenvalue weighted by atomic mass is 10.1. The number of benzene rings is 2. The third kappa shape index (κ3) is 6.26. The van der Waals surface area contributed by atoms with Gasteiger partial charge in [-0.05, 0) is 30.2 Å². The van der Waals surface area contributed by atoms with Crippen LogP contribution in [0.1, 0.15) is 24.1 Å². The average Bonchev–Trinajstić information content (AvgIpc) is 2.51. The summed E-state index contributed by atoms with van der Waals surface area (Å²) in [7, 11) is -3.25. The van der Waals surface area contributed by atoms with Gasteiger partial charge in [0.1, 0.15) is 0 Å². The van der Waals surface area contributed by atoms with Gasteiger partial charge in [-0.2, -0.15) is 0 Å². The van der Waals surface area contributed by atoms with Gasteiger partial charge in [-0.25, -0.2) is 8.42 Å². The summed E-state index contributed by atoms with van der Waals surface area (Å²) in [6.45, 7) is 2.79. The normalized spacial score (nSPS) is 13.1. The standard InChI is InChI=1S/C18H22N2O2S/c1-15(19-13-7-10-16-8-4-3-5-9-16)17-11-6-12-18(14-17)20-23(2,21)22/h3-12,14-15,19-20H,13H2,1-2H3/b10-7+/t15-/m1/s1. The van der Waals surface area contributed by atoms with E-state index in [2.05, 4.69) is 41.2 Å². The second-order valence-corrected chi connectivity index (χ2v) is 7.19. The van der Waals surface area contributed by atoms with E-state index < -0.39 is 10.0 Å². The van der Waals surface area contributed by atoms with Crippen molar-refractivity contribution in [2.24, 2.45) is 0 Å². The summed E-state index contributed by atoms with van der Waals surface area (Å²) in [6.07, 6.45) is 5.29. The molecule has 5 heteroatoms. The Bertz CT molecular complexity index is 756. The zero-order chi connectivity index (χ0) is 16.7. The van der Waals surface area contributed by atoms with Crippen molar-refractivity contribution in [1.82, 2.24) is 5.32 Å². The lowest BCUT2D eigenvalue weighted by molar-refractivity contribution is 0.606. The Labute approximate surface area is 138 Å². The molecule has 0 fully saturated rings. The Kier molecular flexibility index (Phi) is 5.96. The average molecular weight is 330 g/mol. The first kappa shape index (κ1) is 17.2. The molecule has 0 aromatic heterocycles. The lowest BCUT2D eigenvalue weighted by Gasteiger charge is -2.14. The summed E-state index contributed by atoms with van der Waals surface area (Å²) in [6, 6.07) is 17.7. The van der Waals surface area contributed by atoms with Gasteiger partial charge in [-0.15, -0.1) is 0 Å². The predicted octanol–water partition coefficient (Wildman–Crippen LogP) is 3.42. The molecule has 0 amide bonds. The van der Waals surface area contributed by atoms with Crippen molar-refractivity contribution in [1.29, 1.82) is 0 Å². The summed E-state index contributed by atoms with van der Waals surface area (Å²) in [4.78, 5) is 0. The highest BCUT2D eigenvalue weighted by Gasteiger charge is 2.06. The second-order valence-electron chi connectivity index (χ2n) is 5.44. The zero-order valence-corrected chi connectivity index (χ0v) is 14.2. The van der Waals surface area contributed by atoms with Gasteiger partial charge in [0.05, 0.1) is 6.26 Å². The van der Waals surface area contributed by atoms with Gasteiger partial charge in [0.25, 0.3) is 0 Å². The highest BCUT2D eigenvalue weighted by Crippen LogP contribution is 2.18. The van der Waals surface area contributed by atoms with E-state index in [4.69, 9.17) is 0 Å². The minimum Gasteiger partial charge on any atom is -0.307 e. The molecule has 1 atom stereocenters. The third-order valence-electron chi connectivity index (χ3n) is 3.34. The number of anilines is 1. The van der Waals surface area contributed by atoms with Crippen LogP contribution in [0.2, 0.25) is 0 Å². The van der Waals surface area contributed by atoms with E-state index in [1.165, 1.54) is 5.56 Å². The molecule has 0 unspecified atom stereocenters. The monoisotopic (exact) mass is 330 g/mol. The van der Waals surface area contributed by atoms with Crippen molar-refractivity contribution in [2.45, 2.75) is 13.0 Å². The van der Waals surface area contributed by atoms with Crippen LogP contribution in [0.4, 0.5) is 5.69 Å². The van der Waals surface area contributed by atoms with Gasteiger partial charge < -0.3 is 5.32 Å². The van der Waals surface area contributed by atoms with Gasteiger partial charge in [-0.1, -0.05) is 54.6 Å². The summed E-state index contributed by atoms with van der Waals surface area (Å²) < 4.78 is 25.1. The summed E-state index contributed by atoms with van der Waals surface area (Å²) in [5, 5.41) is 3.40. The molecule has 4 nitrogen and oxygen atoms in total. The summed E-state index contributed by atoms with van der Waals surface area (Å²) in [5.41, 5.74) is 2.78. The van der Waals surface area contributed by atoms with Crippen LogP contribution in [0.25, 0.3) is 6.08 Å². The van der Waals surface area contributed by atoms with Gasteiger partial charge in [0, 0.05) is 18.3 Å². The maximum Gasteiger partial charge on any atom is 0.229 e. The minimum absolute atomic E-state index is 0.122. The van der Waals surface area contributed by atoms with Crippen molar-refractivity contribution in [2.75, 3.05) is 17.5 Å². The van der Waals surface area contributed by atoms with E-state index in [0.717, 1.165) is 18.4 Å². The van der Waals surface area contributed by atoms with Crippen LogP contribution in [-0.4, -0.2) is 21.2 Å². The van der Waals surface area contributed by atoms with Crippen molar-refractivity contribution < 1.29 is 8.42 Å². The van der Waals surface area contributed by atoms with Crippen LogP contribution >= 0.6 is 0 Å².